The van der Waals surface area contributed by atoms with Crippen LogP contribution in [0.25, 0.3) is 0 Å². The molecule has 2 atom stereocenters. The maximum atomic E-state index is 13.0. The van der Waals surface area contributed by atoms with Crippen molar-refractivity contribution < 1.29 is 18.0 Å². The predicted octanol–water partition coefficient (Wildman–Crippen LogP) is 1.88. The van der Waals surface area contributed by atoms with Gasteiger partial charge in [0.1, 0.15) is 5.54 Å². The van der Waals surface area contributed by atoms with Gasteiger partial charge in [-0.1, -0.05) is 13.8 Å². The fraction of sp³-hybridized carbons (Fsp3) is 0.909. The van der Waals surface area contributed by atoms with Gasteiger partial charge in [-0.15, -0.1) is 0 Å². The van der Waals surface area contributed by atoms with E-state index < -0.39 is 29.8 Å². The van der Waals surface area contributed by atoms with Gasteiger partial charge in [0.05, 0.1) is 12.2 Å². The maximum Gasteiger partial charge on any atom is 0.411 e. The third-order valence-corrected chi connectivity index (χ3v) is 3.69. The highest BCUT2D eigenvalue weighted by Gasteiger charge is 2.70. The Balaban J connectivity index is 2.26. The van der Waals surface area contributed by atoms with Gasteiger partial charge in [0.25, 0.3) is 0 Å². The molecule has 1 N–H and O–H groups in total. The van der Waals surface area contributed by atoms with Crippen LogP contribution in [0, 0.1) is 5.92 Å². The molecule has 17 heavy (non-hydrogen) atoms. The molecular formula is C11H17F3N2O. The first-order valence-electron chi connectivity index (χ1n) is 5.86. The van der Waals surface area contributed by atoms with Gasteiger partial charge >= 0.3 is 6.18 Å². The predicted molar refractivity (Wildman–Crippen MR) is 56.1 cm³/mol. The molecular weight excluding hydrogens is 233 g/mol. The van der Waals surface area contributed by atoms with Gasteiger partial charge in [-0.3, -0.25) is 10.1 Å². The lowest BCUT2D eigenvalue weighted by Crippen LogP contribution is -2.53. The number of carbonyl (C=O) groups excluding carboxylic acids is 1. The fourth-order valence-corrected chi connectivity index (χ4v) is 2.58. The highest BCUT2D eigenvalue weighted by Crippen LogP contribution is 2.55. The Kier molecular flexibility index (Phi) is 2.69. The van der Waals surface area contributed by atoms with Gasteiger partial charge < -0.3 is 4.90 Å². The summed E-state index contributed by atoms with van der Waals surface area (Å²) >= 11 is 0. The van der Waals surface area contributed by atoms with Gasteiger partial charge in [0.2, 0.25) is 5.91 Å². The van der Waals surface area contributed by atoms with Gasteiger partial charge in [0.15, 0.2) is 0 Å². The normalized spacial score (nSPS) is 32.4. The molecule has 2 rings (SSSR count). The van der Waals surface area contributed by atoms with Crippen molar-refractivity contribution in [1.29, 1.82) is 0 Å². The molecule has 0 aromatic heterocycles. The number of hydrogen-bond acceptors (Lipinski definition) is 2. The second kappa shape index (κ2) is 3.60. The van der Waals surface area contributed by atoms with Crippen LogP contribution < -0.4 is 5.32 Å². The fourth-order valence-electron chi connectivity index (χ4n) is 2.58. The Morgan fingerprint density at radius 1 is 1.41 bits per heavy atom. The number of nitrogens with one attached hydrogen (secondary N) is 1. The first-order valence-corrected chi connectivity index (χ1v) is 5.86. The standard InChI is InChI=1S/C11H17F3N2O/c1-6(2)8-9(17)16(7(3)15-8)10(4-5-10)11(12,13)14/h6-8,15H,4-5H2,1-3H3. The van der Waals surface area contributed by atoms with E-state index in [4.69, 9.17) is 0 Å². The minimum Gasteiger partial charge on any atom is -0.311 e. The Morgan fingerprint density at radius 2 is 1.94 bits per heavy atom. The van der Waals surface area contributed by atoms with Gasteiger partial charge in [-0.2, -0.15) is 13.2 Å². The summed E-state index contributed by atoms with van der Waals surface area (Å²) in [5.74, 6) is -0.415. The lowest BCUT2D eigenvalue weighted by molar-refractivity contribution is -0.201. The Hall–Kier alpha value is -0.780. The van der Waals surface area contributed by atoms with E-state index in [1.807, 2.05) is 13.8 Å². The van der Waals surface area contributed by atoms with E-state index in [2.05, 4.69) is 5.32 Å². The summed E-state index contributed by atoms with van der Waals surface area (Å²) in [7, 11) is 0. The van der Waals surface area contributed by atoms with Crippen molar-refractivity contribution >= 4 is 5.91 Å². The molecule has 0 aromatic carbocycles. The summed E-state index contributed by atoms with van der Waals surface area (Å²) in [5, 5.41) is 2.95. The van der Waals surface area contributed by atoms with E-state index in [-0.39, 0.29) is 18.8 Å². The van der Waals surface area contributed by atoms with Crippen LogP contribution in [-0.4, -0.2) is 34.7 Å². The van der Waals surface area contributed by atoms with Crippen LogP contribution in [0.2, 0.25) is 0 Å². The molecule has 3 nitrogen and oxygen atoms in total. The van der Waals surface area contributed by atoms with E-state index in [1.54, 1.807) is 6.92 Å². The summed E-state index contributed by atoms with van der Waals surface area (Å²) in [6.07, 6.45) is -4.82. The van der Waals surface area contributed by atoms with Gasteiger partial charge in [-0.25, -0.2) is 0 Å². The first-order chi connectivity index (χ1) is 7.71. The highest BCUT2D eigenvalue weighted by molar-refractivity contribution is 5.85. The minimum atomic E-state index is -4.33. The third-order valence-electron chi connectivity index (χ3n) is 3.69. The third kappa shape index (κ3) is 1.73. The Morgan fingerprint density at radius 3 is 2.24 bits per heavy atom. The maximum absolute atomic E-state index is 13.0. The molecule has 1 amide bonds. The average molecular weight is 250 g/mol. The molecule has 6 heteroatoms. The van der Waals surface area contributed by atoms with Crippen LogP contribution >= 0.6 is 0 Å². The molecule has 0 radical (unpaired) electrons. The summed E-state index contributed by atoms with van der Waals surface area (Å²) < 4.78 is 39.0. The van der Waals surface area contributed by atoms with Crippen LogP contribution in [0.5, 0.6) is 0 Å². The van der Waals surface area contributed by atoms with E-state index in [0.717, 1.165) is 4.90 Å². The zero-order chi connectivity index (χ0) is 13.0. The number of hydrogen-bond donors (Lipinski definition) is 1. The molecule has 0 spiro atoms. The van der Waals surface area contributed by atoms with Crippen LogP contribution in [-0.2, 0) is 4.79 Å². The SMILES string of the molecule is CC(C)C1NC(C)N(C2(C(F)(F)F)CC2)C1=O. The van der Waals surface area contributed by atoms with Crippen molar-refractivity contribution in [2.75, 3.05) is 0 Å². The number of nitrogens with zero attached hydrogens (tertiary/aromatic N) is 1. The number of carbonyl (C=O) groups is 1. The monoisotopic (exact) mass is 250 g/mol. The molecule has 1 saturated carbocycles. The molecule has 98 valence electrons. The molecule has 1 saturated heterocycles. The van der Waals surface area contributed by atoms with E-state index >= 15 is 0 Å². The first kappa shape index (κ1) is 12.7. The molecule has 2 fully saturated rings. The van der Waals surface area contributed by atoms with Crippen LogP contribution in [0.15, 0.2) is 0 Å². The Labute approximate surface area is 98.3 Å². The average Bonchev–Trinajstić information content (AvgIpc) is 2.89. The highest BCUT2D eigenvalue weighted by atomic mass is 19.4. The number of halogens is 3. The molecule has 0 bridgehead atoms. The molecule has 1 aliphatic carbocycles. The van der Waals surface area contributed by atoms with Gasteiger partial charge in [0, 0.05) is 0 Å². The van der Waals surface area contributed by atoms with Crippen molar-refractivity contribution in [3.63, 3.8) is 0 Å². The summed E-state index contributed by atoms with van der Waals surface area (Å²) in [5.41, 5.74) is -1.90. The van der Waals surface area contributed by atoms with Crippen molar-refractivity contribution in [3.8, 4) is 0 Å². The topological polar surface area (TPSA) is 32.3 Å². The van der Waals surface area contributed by atoms with Crippen molar-refractivity contribution in [2.45, 2.75) is 57.5 Å². The number of amides is 1. The molecule has 1 aliphatic heterocycles. The summed E-state index contributed by atoms with van der Waals surface area (Å²) in [6.45, 7) is 5.28. The van der Waals surface area contributed by atoms with E-state index in [1.165, 1.54) is 0 Å². The smallest absolute Gasteiger partial charge is 0.311 e. The largest absolute Gasteiger partial charge is 0.411 e. The molecule has 0 aromatic rings. The van der Waals surface area contributed by atoms with Crippen LogP contribution in [0.4, 0.5) is 13.2 Å². The number of rotatable bonds is 2. The summed E-state index contributed by atoms with van der Waals surface area (Å²) in [6, 6.07) is -0.496. The van der Waals surface area contributed by atoms with E-state index in [0.29, 0.717) is 0 Å². The lowest BCUT2D eigenvalue weighted by atomic mass is 10.0. The second-order valence-corrected chi connectivity index (χ2v) is 5.30. The minimum absolute atomic E-state index is 0.000941. The van der Waals surface area contributed by atoms with Gasteiger partial charge in [-0.05, 0) is 25.7 Å². The zero-order valence-electron chi connectivity index (χ0n) is 10.1. The van der Waals surface area contributed by atoms with Crippen molar-refractivity contribution in [2.24, 2.45) is 5.92 Å². The van der Waals surface area contributed by atoms with Crippen LogP contribution in [0.3, 0.4) is 0 Å². The van der Waals surface area contributed by atoms with E-state index in [9.17, 15) is 18.0 Å². The van der Waals surface area contributed by atoms with Crippen molar-refractivity contribution in [3.05, 3.63) is 0 Å². The Bertz CT molecular complexity index is 336. The lowest BCUT2D eigenvalue weighted by Gasteiger charge is -2.32. The number of alkyl halides is 3. The zero-order valence-corrected chi connectivity index (χ0v) is 10.1. The molecule has 2 aliphatic rings. The van der Waals surface area contributed by atoms with Crippen molar-refractivity contribution in [1.82, 2.24) is 10.2 Å². The second-order valence-electron chi connectivity index (χ2n) is 5.30. The molecule has 2 unspecified atom stereocenters. The van der Waals surface area contributed by atoms with Crippen LogP contribution in [0.1, 0.15) is 33.6 Å². The molecule has 1 heterocycles. The summed E-state index contributed by atoms with van der Waals surface area (Å²) in [4.78, 5) is 13.1. The quantitative estimate of drug-likeness (QED) is 0.811.